The van der Waals surface area contributed by atoms with Crippen LogP contribution >= 0.6 is 0 Å². The number of nitrogens with one attached hydrogen (secondary N) is 1. The standard InChI is InChI=1S/C27H21N3O3/c1-32-26-15-21-7-3-2-6-20(21)14-25(26)27(31)30-29-17-19-10-12-24(13-11-19)33-18-23-9-5-4-8-22(23)16-28/h2-15,17H,18H2,1H3,(H,30,31). The monoisotopic (exact) mass is 435 g/mol. The number of ether oxygens (including phenoxy) is 2. The molecule has 6 heteroatoms. The van der Waals surface area contributed by atoms with Crippen molar-refractivity contribution in [1.82, 2.24) is 5.43 Å². The fraction of sp³-hybridized carbons (Fsp3) is 0.0741. The maximum absolute atomic E-state index is 12.6. The van der Waals surface area contributed by atoms with E-state index in [9.17, 15) is 4.79 Å². The van der Waals surface area contributed by atoms with Gasteiger partial charge in [0.2, 0.25) is 0 Å². The van der Waals surface area contributed by atoms with Crippen LogP contribution in [0.15, 0.2) is 90.0 Å². The number of fused-ring (bicyclic) bond motifs is 1. The second kappa shape index (κ2) is 10.1. The summed E-state index contributed by atoms with van der Waals surface area (Å²) in [6.45, 7) is 0.306. The molecule has 0 heterocycles. The maximum atomic E-state index is 12.6. The van der Waals surface area contributed by atoms with E-state index in [0.29, 0.717) is 29.2 Å². The number of carbonyl (C=O) groups excluding carboxylic acids is 1. The molecule has 0 aliphatic heterocycles. The molecule has 6 nitrogen and oxygen atoms in total. The summed E-state index contributed by atoms with van der Waals surface area (Å²) >= 11 is 0. The molecule has 4 aromatic carbocycles. The molecule has 0 spiro atoms. The topological polar surface area (TPSA) is 83.7 Å². The highest BCUT2D eigenvalue weighted by Crippen LogP contribution is 2.26. The van der Waals surface area contributed by atoms with Crippen molar-refractivity contribution in [2.45, 2.75) is 6.61 Å². The van der Waals surface area contributed by atoms with Crippen molar-refractivity contribution in [1.29, 1.82) is 5.26 Å². The van der Waals surface area contributed by atoms with Crippen LogP contribution in [-0.2, 0) is 6.61 Å². The van der Waals surface area contributed by atoms with Gasteiger partial charge in [-0.25, -0.2) is 5.43 Å². The smallest absolute Gasteiger partial charge is 0.275 e. The lowest BCUT2D eigenvalue weighted by atomic mass is 10.1. The molecule has 1 amide bonds. The maximum Gasteiger partial charge on any atom is 0.275 e. The first-order valence-corrected chi connectivity index (χ1v) is 10.3. The average molecular weight is 435 g/mol. The van der Waals surface area contributed by atoms with Crippen molar-refractivity contribution in [3.63, 3.8) is 0 Å². The van der Waals surface area contributed by atoms with E-state index in [1.165, 1.54) is 7.11 Å². The number of hydrogen-bond donors (Lipinski definition) is 1. The van der Waals surface area contributed by atoms with Gasteiger partial charge in [0, 0.05) is 5.56 Å². The molecule has 33 heavy (non-hydrogen) atoms. The quantitative estimate of drug-likeness (QED) is 0.325. The highest BCUT2D eigenvalue weighted by atomic mass is 16.5. The summed E-state index contributed by atoms with van der Waals surface area (Å²) in [5, 5.41) is 15.2. The van der Waals surface area contributed by atoms with Gasteiger partial charge >= 0.3 is 0 Å². The van der Waals surface area contributed by atoms with Gasteiger partial charge in [-0.3, -0.25) is 4.79 Å². The number of nitrogens with zero attached hydrogens (tertiary/aromatic N) is 2. The first kappa shape index (κ1) is 21.6. The molecule has 0 fully saturated rings. The van der Waals surface area contributed by atoms with E-state index in [0.717, 1.165) is 21.9 Å². The molecule has 162 valence electrons. The zero-order chi connectivity index (χ0) is 23.0. The summed E-state index contributed by atoms with van der Waals surface area (Å²) in [6.07, 6.45) is 1.56. The van der Waals surface area contributed by atoms with Crippen molar-refractivity contribution in [2.24, 2.45) is 5.10 Å². The molecular formula is C27H21N3O3. The van der Waals surface area contributed by atoms with Crippen LogP contribution in [0.5, 0.6) is 11.5 Å². The molecule has 0 aromatic heterocycles. The van der Waals surface area contributed by atoms with Crippen LogP contribution in [0, 0.1) is 11.3 Å². The van der Waals surface area contributed by atoms with Crippen molar-refractivity contribution in [3.8, 4) is 17.6 Å². The molecule has 0 saturated carbocycles. The second-order valence-corrected chi connectivity index (χ2v) is 7.23. The van der Waals surface area contributed by atoms with Crippen molar-refractivity contribution < 1.29 is 14.3 Å². The Labute approximate surface area is 191 Å². The Morgan fingerprint density at radius 1 is 1.00 bits per heavy atom. The Morgan fingerprint density at radius 2 is 1.70 bits per heavy atom. The Morgan fingerprint density at radius 3 is 2.42 bits per heavy atom. The zero-order valence-corrected chi connectivity index (χ0v) is 18.0. The molecule has 4 rings (SSSR count). The minimum absolute atomic E-state index is 0.306. The molecule has 0 aliphatic carbocycles. The van der Waals surface area contributed by atoms with Gasteiger partial charge in [0.05, 0.1) is 30.5 Å². The van der Waals surface area contributed by atoms with E-state index >= 15 is 0 Å². The number of hydrogen-bond acceptors (Lipinski definition) is 5. The molecule has 0 radical (unpaired) electrons. The zero-order valence-electron chi connectivity index (χ0n) is 18.0. The number of methoxy groups -OCH3 is 1. The lowest BCUT2D eigenvalue weighted by molar-refractivity contribution is 0.0952. The predicted octanol–water partition coefficient (Wildman–Crippen LogP) is 5.06. The molecule has 0 aliphatic rings. The molecule has 0 atom stereocenters. The third-order valence-corrected chi connectivity index (χ3v) is 5.10. The van der Waals surface area contributed by atoms with Crippen LogP contribution in [0.25, 0.3) is 10.8 Å². The number of nitriles is 1. The number of amides is 1. The van der Waals surface area contributed by atoms with E-state index < -0.39 is 0 Å². The Bertz CT molecular complexity index is 1360. The van der Waals surface area contributed by atoms with Gasteiger partial charge in [-0.15, -0.1) is 0 Å². The van der Waals surface area contributed by atoms with Crippen molar-refractivity contribution >= 4 is 22.9 Å². The molecule has 0 bridgehead atoms. The van der Waals surface area contributed by atoms with Crippen LogP contribution in [0.4, 0.5) is 0 Å². The average Bonchev–Trinajstić information content (AvgIpc) is 2.87. The Kier molecular flexibility index (Phi) is 6.62. The third kappa shape index (κ3) is 5.17. The Balaban J connectivity index is 1.38. The lowest BCUT2D eigenvalue weighted by Crippen LogP contribution is -2.18. The van der Waals surface area contributed by atoms with E-state index in [-0.39, 0.29) is 5.91 Å². The first-order valence-electron chi connectivity index (χ1n) is 10.3. The first-order chi connectivity index (χ1) is 16.2. The summed E-state index contributed by atoms with van der Waals surface area (Å²) in [6, 6.07) is 28.2. The Hall–Kier alpha value is -4.63. The largest absolute Gasteiger partial charge is 0.496 e. The SMILES string of the molecule is COc1cc2ccccc2cc1C(=O)NN=Cc1ccc(OCc2ccccc2C#N)cc1. The molecule has 0 unspecified atom stereocenters. The number of carbonyl (C=O) groups is 1. The number of rotatable bonds is 7. The van der Waals surface area contributed by atoms with E-state index in [2.05, 4.69) is 16.6 Å². The normalized spacial score (nSPS) is 10.7. The van der Waals surface area contributed by atoms with Gasteiger partial charge in [-0.2, -0.15) is 10.4 Å². The summed E-state index contributed by atoms with van der Waals surface area (Å²) in [7, 11) is 1.53. The summed E-state index contributed by atoms with van der Waals surface area (Å²) < 4.78 is 11.1. The highest BCUT2D eigenvalue weighted by Gasteiger charge is 2.13. The van der Waals surface area contributed by atoms with E-state index in [1.807, 2.05) is 72.8 Å². The minimum atomic E-state index is -0.357. The van der Waals surface area contributed by atoms with Gasteiger partial charge in [0.1, 0.15) is 18.1 Å². The van der Waals surface area contributed by atoms with Crippen LogP contribution in [0.1, 0.15) is 27.0 Å². The van der Waals surface area contributed by atoms with Gasteiger partial charge in [-0.05, 0) is 58.8 Å². The number of benzene rings is 4. The summed E-state index contributed by atoms with van der Waals surface area (Å²) in [5.74, 6) is 0.802. The van der Waals surface area contributed by atoms with Gasteiger partial charge in [0.25, 0.3) is 5.91 Å². The van der Waals surface area contributed by atoms with Crippen molar-refractivity contribution in [3.05, 3.63) is 107 Å². The van der Waals surface area contributed by atoms with Crippen molar-refractivity contribution in [2.75, 3.05) is 7.11 Å². The fourth-order valence-corrected chi connectivity index (χ4v) is 3.36. The third-order valence-electron chi connectivity index (χ3n) is 5.10. The molecule has 4 aromatic rings. The lowest BCUT2D eigenvalue weighted by Gasteiger charge is -2.09. The van der Waals surface area contributed by atoms with Crippen LogP contribution in [0.3, 0.4) is 0 Å². The number of hydrazone groups is 1. The van der Waals surface area contributed by atoms with E-state index in [4.69, 9.17) is 14.7 Å². The summed E-state index contributed by atoms with van der Waals surface area (Å²) in [4.78, 5) is 12.6. The van der Waals surface area contributed by atoms with E-state index in [1.54, 1.807) is 18.3 Å². The minimum Gasteiger partial charge on any atom is -0.496 e. The predicted molar refractivity (Wildman–Crippen MR) is 127 cm³/mol. The summed E-state index contributed by atoms with van der Waals surface area (Å²) in [5.41, 5.74) is 5.19. The molecule has 1 N–H and O–H groups in total. The van der Waals surface area contributed by atoms with Crippen LogP contribution < -0.4 is 14.9 Å². The van der Waals surface area contributed by atoms with Crippen LogP contribution in [-0.4, -0.2) is 19.2 Å². The highest BCUT2D eigenvalue weighted by molar-refractivity contribution is 6.01. The van der Waals surface area contributed by atoms with Gasteiger partial charge in [-0.1, -0.05) is 42.5 Å². The van der Waals surface area contributed by atoms with Gasteiger partial charge < -0.3 is 9.47 Å². The molecular weight excluding hydrogens is 414 g/mol. The second-order valence-electron chi connectivity index (χ2n) is 7.23. The van der Waals surface area contributed by atoms with Gasteiger partial charge in [0.15, 0.2) is 0 Å². The fourth-order valence-electron chi connectivity index (χ4n) is 3.36. The molecule has 0 saturated heterocycles. The van der Waals surface area contributed by atoms with Crippen LogP contribution in [0.2, 0.25) is 0 Å².